The molecule has 44 heavy (non-hydrogen) atoms. The predicted octanol–water partition coefficient (Wildman–Crippen LogP) is 5.09. The van der Waals surface area contributed by atoms with Crippen molar-refractivity contribution in [3.63, 3.8) is 0 Å². The van der Waals surface area contributed by atoms with E-state index in [9.17, 15) is 19.5 Å². The molecule has 3 aromatic rings. The molecule has 0 heterocycles. The van der Waals surface area contributed by atoms with E-state index < -0.39 is 24.1 Å². The summed E-state index contributed by atoms with van der Waals surface area (Å²) in [5.74, 6) is -0.984. The van der Waals surface area contributed by atoms with E-state index in [-0.39, 0.29) is 59.3 Å². The smallest absolute Gasteiger partial charge is 0.408 e. The molecule has 7 N–H and O–H groups in total. The first kappa shape index (κ1) is 34.8. The summed E-state index contributed by atoms with van der Waals surface area (Å²) in [5, 5.41) is 15.9. The average Bonchev–Trinajstić information content (AvgIpc) is 2.99. The fourth-order valence-corrected chi connectivity index (χ4v) is 5.61. The highest BCUT2D eigenvalue weighted by Gasteiger charge is 2.27. The zero-order valence-electron chi connectivity index (χ0n) is 23.5. The quantitative estimate of drug-likeness (QED) is 0.0486. The lowest BCUT2D eigenvalue weighted by atomic mass is 10.0. The van der Waals surface area contributed by atoms with Crippen LogP contribution in [0.1, 0.15) is 24.0 Å². The van der Waals surface area contributed by atoms with Gasteiger partial charge in [-0.1, -0.05) is 77.3 Å². The predicted molar refractivity (Wildman–Crippen MR) is 174 cm³/mol. The van der Waals surface area contributed by atoms with Gasteiger partial charge < -0.3 is 31.9 Å². The number of guanidine groups is 1. The van der Waals surface area contributed by atoms with Crippen LogP contribution in [0, 0.1) is 0 Å². The molecule has 0 saturated carbocycles. The van der Waals surface area contributed by atoms with Crippen LogP contribution in [0.2, 0.25) is 15.1 Å². The van der Waals surface area contributed by atoms with E-state index in [0.717, 1.165) is 17.3 Å². The van der Waals surface area contributed by atoms with Gasteiger partial charge in [0.2, 0.25) is 5.91 Å². The fourth-order valence-electron chi connectivity index (χ4n) is 3.94. The van der Waals surface area contributed by atoms with Crippen molar-refractivity contribution in [1.29, 1.82) is 0 Å². The Morgan fingerprint density at radius 1 is 0.886 bits per heavy atom. The molecule has 0 radical (unpaired) electrons. The minimum atomic E-state index is -1.10. The van der Waals surface area contributed by atoms with Gasteiger partial charge in [-0.05, 0) is 48.2 Å². The monoisotopic (exact) mass is 679 g/mol. The average molecular weight is 681 g/mol. The van der Waals surface area contributed by atoms with Crippen LogP contribution in [0.15, 0.2) is 76.6 Å². The number of Topliss-reactive ketones (excluding diaryl/α,β-unsaturated/α-hetero) is 1. The molecule has 0 bridgehead atoms. The van der Waals surface area contributed by atoms with Crippen molar-refractivity contribution < 1.29 is 24.2 Å². The van der Waals surface area contributed by atoms with Crippen LogP contribution < -0.4 is 22.1 Å². The normalized spacial score (nSPS) is 12.1. The Hall–Kier alpha value is -3.64. The lowest BCUT2D eigenvalue weighted by molar-refractivity contribution is -0.128. The largest absolute Gasteiger partial charge is 0.508 e. The number of ketones is 1. The summed E-state index contributed by atoms with van der Waals surface area (Å²) in [6, 6.07) is 16.3. The Kier molecular flexibility index (Phi) is 13.9. The minimum Gasteiger partial charge on any atom is -0.508 e. The zero-order chi connectivity index (χ0) is 32.1. The Morgan fingerprint density at radius 3 is 2.25 bits per heavy atom. The number of hydrogen-bond donors (Lipinski definition) is 5. The van der Waals surface area contributed by atoms with Crippen molar-refractivity contribution in [1.82, 2.24) is 10.6 Å². The molecule has 3 aromatic carbocycles. The molecular formula is C30H32Cl3N5O5S. The molecule has 2 atom stereocenters. The van der Waals surface area contributed by atoms with Crippen molar-refractivity contribution in [2.45, 2.75) is 42.8 Å². The maximum Gasteiger partial charge on any atom is 0.408 e. The molecule has 0 saturated heterocycles. The summed E-state index contributed by atoms with van der Waals surface area (Å²) in [4.78, 5) is 44.2. The number of halogens is 3. The van der Waals surface area contributed by atoms with Gasteiger partial charge >= 0.3 is 6.09 Å². The fraction of sp³-hybridized carbons (Fsp3) is 0.267. The molecule has 234 valence electrons. The second-order valence-electron chi connectivity index (χ2n) is 9.59. The van der Waals surface area contributed by atoms with Gasteiger partial charge in [0.1, 0.15) is 18.4 Å². The van der Waals surface area contributed by atoms with Crippen LogP contribution in [0.3, 0.4) is 0 Å². The van der Waals surface area contributed by atoms with Crippen molar-refractivity contribution in [3.8, 4) is 5.75 Å². The molecule has 14 heteroatoms. The van der Waals surface area contributed by atoms with Crippen LogP contribution in [0.25, 0.3) is 0 Å². The maximum absolute atomic E-state index is 13.6. The summed E-state index contributed by atoms with van der Waals surface area (Å²) in [5.41, 5.74) is 12.3. The molecule has 10 nitrogen and oxygen atoms in total. The van der Waals surface area contributed by atoms with Gasteiger partial charge in [0.15, 0.2) is 11.7 Å². The van der Waals surface area contributed by atoms with Crippen LogP contribution >= 0.6 is 46.6 Å². The van der Waals surface area contributed by atoms with E-state index in [1.165, 1.54) is 18.2 Å². The number of rotatable bonds is 15. The Bertz CT molecular complexity index is 1460. The summed E-state index contributed by atoms with van der Waals surface area (Å²) in [7, 11) is 0. The third kappa shape index (κ3) is 11.8. The van der Waals surface area contributed by atoms with Crippen molar-refractivity contribution >= 4 is 70.3 Å². The maximum atomic E-state index is 13.6. The number of benzene rings is 3. The number of thioether (sulfide) groups is 1. The number of nitrogens with one attached hydrogen (secondary N) is 2. The first-order valence-corrected chi connectivity index (χ1v) is 15.5. The summed E-state index contributed by atoms with van der Waals surface area (Å²) < 4.78 is 5.33. The first-order valence-electron chi connectivity index (χ1n) is 13.4. The highest BCUT2D eigenvalue weighted by molar-refractivity contribution is 8.00. The van der Waals surface area contributed by atoms with Gasteiger partial charge in [-0.2, -0.15) is 0 Å². The molecule has 0 aliphatic heterocycles. The molecule has 3 rings (SSSR count). The van der Waals surface area contributed by atoms with E-state index in [1.807, 2.05) is 18.2 Å². The van der Waals surface area contributed by atoms with Gasteiger partial charge in [-0.25, -0.2) is 4.79 Å². The number of nitrogens with zero attached hydrogens (tertiary/aromatic N) is 1. The number of ether oxygens (including phenoxy) is 1. The molecule has 0 unspecified atom stereocenters. The molecule has 0 aliphatic rings. The Balaban J connectivity index is 1.75. The molecule has 0 spiro atoms. The number of carbonyl (C=O) groups is 3. The lowest BCUT2D eigenvalue weighted by Gasteiger charge is -2.23. The molecule has 2 amide bonds. The topological polar surface area (TPSA) is 169 Å². The third-order valence-corrected chi connectivity index (χ3v) is 8.42. The van der Waals surface area contributed by atoms with Crippen LogP contribution in [0.5, 0.6) is 5.75 Å². The number of aliphatic imine (C=N–C) groups is 1. The number of alkyl carbamates (subject to hydrolysis) is 1. The highest BCUT2D eigenvalue weighted by atomic mass is 35.5. The summed E-state index contributed by atoms with van der Waals surface area (Å²) in [6.07, 6.45) is -0.133. The van der Waals surface area contributed by atoms with Crippen LogP contribution in [-0.4, -0.2) is 53.2 Å². The van der Waals surface area contributed by atoms with Gasteiger partial charge in [-0.15, -0.1) is 11.8 Å². The Morgan fingerprint density at radius 2 is 1.57 bits per heavy atom. The second-order valence-corrected chi connectivity index (χ2v) is 11.8. The lowest BCUT2D eigenvalue weighted by Crippen LogP contribution is -2.52. The van der Waals surface area contributed by atoms with Crippen molar-refractivity contribution in [2.75, 3.05) is 12.3 Å². The summed E-state index contributed by atoms with van der Waals surface area (Å²) in [6.45, 7) is 0.245. The van der Waals surface area contributed by atoms with Gasteiger partial charge in [-0.3, -0.25) is 14.6 Å². The molecule has 0 aromatic heterocycles. The highest BCUT2D eigenvalue weighted by Crippen LogP contribution is 2.35. The molecule has 0 aliphatic carbocycles. The van der Waals surface area contributed by atoms with Crippen LogP contribution in [-0.2, 0) is 27.4 Å². The SMILES string of the molecule is NC(N)=NCCC[C@H](NC(=O)[C@H](Cc1ccc(O)cc1)NC(=O)OCc1ccccc1)C(=O)CSc1cc(Cl)c(Cl)cc1Cl. The zero-order valence-corrected chi connectivity index (χ0v) is 26.6. The number of aromatic hydroxyl groups is 1. The van der Waals surface area contributed by atoms with Crippen molar-refractivity contribution in [2.24, 2.45) is 16.5 Å². The van der Waals surface area contributed by atoms with E-state index in [1.54, 1.807) is 30.3 Å². The number of phenols is 1. The van der Waals surface area contributed by atoms with Gasteiger partial charge in [0.25, 0.3) is 0 Å². The molecule has 0 fully saturated rings. The number of carbonyl (C=O) groups excluding carboxylic acids is 3. The summed E-state index contributed by atoms with van der Waals surface area (Å²) >= 11 is 19.5. The van der Waals surface area contributed by atoms with E-state index in [2.05, 4.69) is 15.6 Å². The number of phenolic OH excluding ortho intramolecular Hbond substituents is 1. The first-order chi connectivity index (χ1) is 21.0. The second kappa shape index (κ2) is 17.6. The molecular weight excluding hydrogens is 649 g/mol. The van der Waals surface area contributed by atoms with Gasteiger partial charge in [0, 0.05) is 17.9 Å². The number of amides is 2. The van der Waals surface area contributed by atoms with E-state index >= 15 is 0 Å². The minimum absolute atomic E-state index is 0.000617. The standard InChI is InChI=1S/C30H32Cl3N5O5S/c31-21-14-23(33)27(15-22(21)32)44-17-26(40)24(7-4-12-36-29(34)35)37-28(41)25(13-18-8-10-20(39)11-9-18)38-30(42)43-16-19-5-2-1-3-6-19/h1-3,5-6,8-11,14-15,24-25,39H,4,7,12-13,16-17H2,(H,37,41)(H,38,42)(H4,34,35,36)/t24-,25-/m0/s1. The third-order valence-electron chi connectivity index (χ3n) is 6.19. The van der Waals surface area contributed by atoms with Crippen LogP contribution in [0.4, 0.5) is 4.79 Å². The van der Waals surface area contributed by atoms with Gasteiger partial charge in [0.05, 0.1) is 26.9 Å². The van der Waals surface area contributed by atoms with E-state index in [4.69, 9.17) is 51.0 Å². The van der Waals surface area contributed by atoms with E-state index in [0.29, 0.717) is 21.9 Å². The van der Waals surface area contributed by atoms with Crippen molar-refractivity contribution in [3.05, 3.63) is 92.9 Å². The number of hydrogen-bond acceptors (Lipinski definition) is 7. The Labute approximate surface area is 274 Å². The number of nitrogens with two attached hydrogens (primary N) is 2.